The highest BCUT2D eigenvalue weighted by molar-refractivity contribution is 6.04. The minimum absolute atomic E-state index is 0.0539. The molecule has 4 atom stereocenters. The van der Waals surface area contributed by atoms with Crippen LogP contribution in [0.5, 0.6) is 0 Å². The van der Waals surface area contributed by atoms with Crippen LogP contribution >= 0.6 is 0 Å². The highest BCUT2D eigenvalue weighted by Crippen LogP contribution is 2.34. The summed E-state index contributed by atoms with van der Waals surface area (Å²) in [6.45, 7) is 8.43. The van der Waals surface area contributed by atoms with Crippen LogP contribution in [0.15, 0.2) is 64.3 Å². The van der Waals surface area contributed by atoms with Gasteiger partial charge < -0.3 is 29.5 Å². The van der Waals surface area contributed by atoms with Crippen LogP contribution in [-0.2, 0) is 32.2 Å². The number of aliphatic hydroxyl groups is 2. The molecule has 3 heterocycles. The SMILES string of the molecule is CCn1ncnc1COC1=NN(C(=NC)c2ccccc2F)/C(=C\O[C@@H]2O[C@H](C(=O)O)C[C@H](O)[C@H]2O)C=C1C(C)(C)C. The molecule has 42 heavy (non-hydrogen) atoms. The molecule has 0 unspecified atom stereocenters. The molecule has 2 aromatic rings. The van der Waals surface area contributed by atoms with Gasteiger partial charge in [-0.15, -0.1) is 5.10 Å². The lowest BCUT2D eigenvalue weighted by atomic mass is 9.85. The number of nitrogens with zero attached hydrogens (tertiary/aromatic N) is 6. The first-order chi connectivity index (χ1) is 19.9. The van der Waals surface area contributed by atoms with Crippen molar-refractivity contribution >= 4 is 17.7 Å². The molecule has 0 bridgehead atoms. The Morgan fingerprint density at radius 2 is 2.02 bits per heavy atom. The average Bonchev–Trinajstić information content (AvgIpc) is 3.41. The molecule has 1 saturated heterocycles. The van der Waals surface area contributed by atoms with Crippen LogP contribution in [0, 0.1) is 11.2 Å². The predicted molar refractivity (Wildman–Crippen MR) is 148 cm³/mol. The summed E-state index contributed by atoms with van der Waals surface area (Å²) >= 11 is 0. The highest BCUT2D eigenvalue weighted by atomic mass is 19.1. The summed E-state index contributed by atoms with van der Waals surface area (Å²) in [4.78, 5) is 20.1. The molecule has 0 amide bonds. The molecule has 13 nitrogen and oxygen atoms in total. The number of aromatic nitrogens is 3. The lowest BCUT2D eigenvalue weighted by molar-refractivity contribution is -0.250. The molecule has 1 fully saturated rings. The summed E-state index contributed by atoms with van der Waals surface area (Å²) in [5.41, 5.74) is 0.530. The first kappa shape index (κ1) is 30.8. The normalized spacial score (nSPS) is 24.3. The first-order valence-electron chi connectivity index (χ1n) is 13.4. The molecule has 226 valence electrons. The number of allylic oxidation sites excluding steroid dienone is 1. The van der Waals surface area contributed by atoms with Gasteiger partial charge in [-0.05, 0) is 30.5 Å². The van der Waals surface area contributed by atoms with Crippen molar-refractivity contribution in [3.63, 3.8) is 0 Å². The van der Waals surface area contributed by atoms with Crippen LogP contribution in [0.1, 0.15) is 45.5 Å². The van der Waals surface area contributed by atoms with Gasteiger partial charge in [0.05, 0.1) is 11.7 Å². The van der Waals surface area contributed by atoms with Gasteiger partial charge in [0.1, 0.15) is 36.8 Å². The van der Waals surface area contributed by atoms with Crippen molar-refractivity contribution in [1.29, 1.82) is 0 Å². The Morgan fingerprint density at radius 3 is 2.67 bits per heavy atom. The number of rotatable bonds is 7. The number of hydrazone groups is 1. The number of benzene rings is 1. The number of hydrogen-bond acceptors (Lipinski definition) is 10. The molecule has 0 radical (unpaired) electrons. The van der Waals surface area contributed by atoms with Crippen molar-refractivity contribution < 1.29 is 38.7 Å². The molecule has 2 aliphatic heterocycles. The van der Waals surface area contributed by atoms with Gasteiger partial charge >= 0.3 is 5.97 Å². The Labute approximate surface area is 242 Å². The molecule has 4 rings (SSSR count). The number of carbonyl (C=O) groups is 1. The van der Waals surface area contributed by atoms with Crippen molar-refractivity contribution in [2.24, 2.45) is 15.5 Å². The quantitative estimate of drug-likeness (QED) is 0.249. The van der Waals surface area contributed by atoms with E-state index in [4.69, 9.17) is 19.3 Å². The van der Waals surface area contributed by atoms with Crippen LogP contribution in [0.3, 0.4) is 0 Å². The third kappa shape index (κ3) is 6.66. The minimum atomic E-state index is -1.52. The van der Waals surface area contributed by atoms with Gasteiger partial charge in [-0.1, -0.05) is 32.9 Å². The van der Waals surface area contributed by atoms with Crippen LogP contribution in [-0.4, -0.2) is 84.4 Å². The standard InChI is InChI=1S/C28H35FN6O7/c1-6-34-22(31-15-32-34)14-40-25-18(28(2,3)4)11-16(13-41-27-23(37)20(36)12-21(42-27)26(38)39)35(33-25)24(30-5)17-9-7-8-10-19(17)29/h7-11,13,15,20-21,23,27,36-37H,6,12,14H2,1-5H3,(H,38,39)/b16-13-,30-24?/t20-,21-,23+,27+/m0/s1. The maximum Gasteiger partial charge on any atom is 0.333 e. The Kier molecular flexibility index (Phi) is 9.39. The smallest absolute Gasteiger partial charge is 0.333 e. The van der Waals surface area contributed by atoms with Gasteiger partial charge in [0.15, 0.2) is 17.8 Å². The van der Waals surface area contributed by atoms with Gasteiger partial charge in [0, 0.05) is 25.6 Å². The summed E-state index contributed by atoms with van der Waals surface area (Å²) in [6.07, 6.45) is -1.77. The average molecular weight is 587 g/mol. The minimum Gasteiger partial charge on any atom is -0.479 e. The number of aliphatic imine (C=N–C) groups is 1. The van der Waals surface area contributed by atoms with E-state index in [9.17, 15) is 24.5 Å². The van der Waals surface area contributed by atoms with E-state index in [1.54, 1.807) is 29.0 Å². The van der Waals surface area contributed by atoms with E-state index in [1.165, 1.54) is 30.7 Å². The van der Waals surface area contributed by atoms with Gasteiger partial charge in [-0.25, -0.2) is 23.9 Å². The van der Waals surface area contributed by atoms with Crippen molar-refractivity contribution in [3.05, 3.63) is 71.4 Å². The Balaban J connectivity index is 1.76. The largest absolute Gasteiger partial charge is 0.479 e. The molecule has 0 aliphatic carbocycles. The fourth-order valence-electron chi connectivity index (χ4n) is 4.39. The number of ether oxygens (including phenoxy) is 3. The molecule has 0 spiro atoms. The zero-order valence-corrected chi connectivity index (χ0v) is 24.0. The van der Waals surface area contributed by atoms with E-state index in [1.807, 2.05) is 27.7 Å². The Bertz CT molecular complexity index is 1410. The maximum absolute atomic E-state index is 15.0. The predicted octanol–water partition coefficient (Wildman–Crippen LogP) is 2.41. The summed E-state index contributed by atoms with van der Waals surface area (Å²) in [7, 11) is 1.48. The van der Waals surface area contributed by atoms with Crippen molar-refractivity contribution in [2.45, 2.75) is 71.9 Å². The lowest BCUT2D eigenvalue weighted by Crippen LogP contribution is -2.51. The topological polar surface area (TPSA) is 164 Å². The van der Waals surface area contributed by atoms with Crippen molar-refractivity contribution in [2.75, 3.05) is 7.05 Å². The second-order valence-electron chi connectivity index (χ2n) is 10.6. The number of aryl methyl sites for hydroxylation is 1. The number of hydrogen-bond donors (Lipinski definition) is 3. The molecule has 1 aromatic heterocycles. The van der Waals surface area contributed by atoms with E-state index >= 15 is 0 Å². The number of carboxylic acid groups (broad SMARTS) is 1. The van der Waals surface area contributed by atoms with E-state index in [2.05, 4.69) is 15.1 Å². The van der Waals surface area contributed by atoms with Crippen LogP contribution in [0.25, 0.3) is 0 Å². The zero-order chi connectivity index (χ0) is 30.6. The van der Waals surface area contributed by atoms with E-state index in [-0.39, 0.29) is 36.0 Å². The van der Waals surface area contributed by atoms with Gasteiger partial charge in [0.2, 0.25) is 12.2 Å². The molecule has 2 aliphatic rings. The van der Waals surface area contributed by atoms with Gasteiger partial charge in [0.25, 0.3) is 0 Å². The van der Waals surface area contributed by atoms with Gasteiger partial charge in [-0.2, -0.15) is 5.10 Å². The molecule has 3 N–H and O–H groups in total. The number of aliphatic carboxylic acids is 1. The fourth-order valence-corrected chi connectivity index (χ4v) is 4.39. The lowest BCUT2D eigenvalue weighted by Gasteiger charge is -2.35. The van der Waals surface area contributed by atoms with Crippen molar-refractivity contribution in [3.8, 4) is 0 Å². The van der Waals surface area contributed by atoms with E-state index < -0.39 is 41.8 Å². The van der Waals surface area contributed by atoms with Crippen LogP contribution in [0.4, 0.5) is 4.39 Å². The molecular formula is C28H35FN6O7. The summed E-state index contributed by atoms with van der Waals surface area (Å²) in [5, 5.41) is 40.2. The van der Waals surface area contributed by atoms with Crippen LogP contribution in [0.2, 0.25) is 0 Å². The molecule has 14 heteroatoms. The summed E-state index contributed by atoms with van der Waals surface area (Å²) < 4.78 is 33.9. The molecular weight excluding hydrogens is 551 g/mol. The summed E-state index contributed by atoms with van der Waals surface area (Å²) in [5.74, 6) is -0.937. The number of carboxylic acids is 1. The van der Waals surface area contributed by atoms with E-state index in [0.717, 1.165) is 0 Å². The Hall–Kier alpha value is -4.14. The number of amidine groups is 1. The van der Waals surface area contributed by atoms with Crippen LogP contribution < -0.4 is 0 Å². The third-order valence-corrected chi connectivity index (χ3v) is 6.65. The number of halogens is 1. The second kappa shape index (κ2) is 12.8. The van der Waals surface area contributed by atoms with E-state index in [0.29, 0.717) is 17.9 Å². The zero-order valence-electron chi connectivity index (χ0n) is 24.0. The van der Waals surface area contributed by atoms with Crippen molar-refractivity contribution in [1.82, 2.24) is 19.8 Å². The molecule has 0 saturated carbocycles. The Morgan fingerprint density at radius 1 is 1.29 bits per heavy atom. The monoisotopic (exact) mass is 586 g/mol. The summed E-state index contributed by atoms with van der Waals surface area (Å²) in [6, 6.07) is 6.04. The maximum atomic E-state index is 15.0. The highest BCUT2D eigenvalue weighted by Gasteiger charge is 2.41. The first-order valence-corrected chi connectivity index (χ1v) is 13.4. The van der Waals surface area contributed by atoms with Gasteiger partial charge in [-0.3, -0.25) is 4.99 Å². The third-order valence-electron chi connectivity index (χ3n) is 6.65. The molecule has 1 aromatic carbocycles. The second-order valence-corrected chi connectivity index (χ2v) is 10.6. The number of aliphatic hydroxyl groups excluding tert-OH is 2. The fraction of sp³-hybridized carbons (Fsp3) is 0.464.